The Morgan fingerprint density at radius 2 is 1.82 bits per heavy atom. The first-order valence-corrected chi connectivity index (χ1v) is 8.26. The maximum absolute atomic E-state index is 6.35. The van der Waals surface area contributed by atoms with Crippen molar-refractivity contribution in [3.05, 3.63) is 65.7 Å². The van der Waals surface area contributed by atoms with Gasteiger partial charge in [0, 0.05) is 5.56 Å². The molecule has 3 aromatic carbocycles. The number of hydrogen-bond donors (Lipinski definition) is 0. The van der Waals surface area contributed by atoms with E-state index in [-0.39, 0.29) is 6.10 Å². The number of hydrogen-bond acceptors (Lipinski definition) is 3. The quantitative estimate of drug-likeness (QED) is 0.621. The van der Waals surface area contributed by atoms with E-state index < -0.39 is 0 Å². The van der Waals surface area contributed by atoms with Crippen LogP contribution in [0.15, 0.2) is 59.5 Å². The van der Waals surface area contributed by atoms with Crippen LogP contribution >= 0.6 is 11.8 Å². The Kier molecular flexibility index (Phi) is 2.50. The number of methoxy groups -OCH3 is 1. The van der Waals surface area contributed by atoms with Crippen LogP contribution in [0.2, 0.25) is 0 Å². The summed E-state index contributed by atoms with van der Waals surface area (Å²) in [5.41, 5.74) is 2.70. The molecule has 0 fully saturated rings. The molecule has 1 aliphatic carbocycles. The number of fused-ring (bicyclic) bond motifs is 4. The van der Waals surface area contributed by atoms with Gasteiger partial charge in [-0.2, -0.15) is 0 Å². The van der Waals surface area contributed by atoms with Crippen molar-refractivity contribution in [2.45, 2.75) is 16.2 Å². The topological polar surface area (TPSA) is 18.5 Å². The van der Waals surface area contributed by atoms with Gasteiger partial charge in [0.15, 0.2) is 0 Å². The molecule has 1 heterocycles. The van der Waals surface area contributed by atoms with Crippen molar-refractivity contribution < 1.29 is 9.47 Å². The summed E-state index contributed by atoms with van der Waals surface area (Å²) < 4.78 is 11.7. The highest BCUT2D eigenvalue weighted by Crippen LogP contribution is 2.59. The molecule has 0 radical (unpaired) electrons. The molecule has 0 aromatic heterocycles. The van der Waals surface area contributed by atoms with Crippen molar-refractivity contribution in [2.24, 2.45) is 0 Å². The van der Waals surface area contributed by atoms with Gasteiger partial charge in [-0.3, -0.25) is 0 Å². The summed E-state index contributed by atoms with van der Waals surface area (Å²) in [5.74, 6) is 1.83. The smallest absolute Gasteiger partial charge is 0.141 e. The lowest BCUT2D eigenvalue weighted by atomic mass is 10.1. The highest BCUT2D eigenvalue weighted by molar-refractivity contribution is 7.99. The second kappa shape index (κ2) is 4.43. The number of ether oxygens (including phenoxy) is 2. The highest BCUT2D eigenvalue weighted by Gasteiger charge is 2.40. The molecule has 2 nitrogen and oxygen atoms in total. The van der Waals surface area contributed by atoms with Crippen LogP contribution in [0.3, 0.4) is 0 Å². The summed E-state index contributed by atoms with van der Waals surface area (Å²) in [7, 11) is 1.70. The average molecular weight is 306 g/mol. The average Bonchev–Trinajstić information content (AvgIpc) is 2.88. The van der Waals surface area contributed by atoms with Gasteiger partial charge in [-0.25, -0.2) is 0 Å². The molecule has 0 N–H and O–H groups in total. The van der Waals surface area contributed by atoms with Crippen LogP contribution < -0.4 is 9.47 Å². The Morgan fingerprint density at radius 3 is 2.64 bits per heavy atom. The monoisotopic (exact) mass is 306 g/mol. The van der Waals surface area contributed by atoms with Crippen molar-refractivity contribution in [3.8, 4) is 11.5 Å². The molecular formula is C19H14O2S. The van der Waals surface area contributed by atoms with Gasteiger partial charge in [0.1, 0.15) is 17.6 Å². The van der Waals surface area contributed by atoms with E-state index in [1.165, 1.54) is 21.9 Å². The predicted molar refractivity (Wildman–Crippen MR) is 88.9 cm³/mol. The molecular weight excluding hydrogens is 292 g/mol. The van der Waals surface area contributed by atoms with Crippen molar-refractivity contribution in [1.82, 2.24) is 0 Å². The van der Waals surface area contributed by atoms with Gasteiger partial charge in [-0.05, 0) is 34.5 Å². The predicted octanol–water partition coefficient (Wildman–Crippen LogP) is 5.13. The largest absolute Gasteiger partial charge is 0.497 e. The first kappa shape index (κ1) is 12.4. The van der Waals surface area contributed by atoms with E-state index in [0.717, 1.165) is 16.4 Å². The van der Waals surface area contributed by atoms with E-state index in [9.17, 15) is 0 Å². The molecule has 0 amide bonds. The summed E-state index contributed by atoms with van der Waals surface area (Å²) in [4.78, 5) is 1.16. The zero-order valence-electron chi connectivity index (χ0n) is 12.1. The number of rotatable bonds is 1. The molecule has 3 heteroatoms. The normalized spacial score (nSPS) is 21.1. The molecule has 0 saturated heterocycles. The lowest BCUT2D eigenvalue weighted by Gasteiger charge is -2.29. The van der Waals surface area contributed by atoms with E-state index in [1.54, 1.807) is 7.11 Å². The minimum Gasteiger partial charge on any atom is -0.497 e. The molecule has 5 rings (SSSR count). The fourth-order valence-corrected chi connectivity index (χ4v) is 4.87. The van der Waals surface area contributed by atoms with E-state index in [0.29, 0.717) is 5.25 Å². The second-order valence-electron chi connectivity index (χ2n) is 5.68. The Balaban J connectivity index is 1.70. The van der Waals surface area contributed by atoms with Crippen LogP contribution in [-0.4, -0.2) is 7.11 Å². The van der Waals surface area contributed by atoms with Crippen LogP contribution in [0.4, 0.5) is 0 Å². The second-order valence-corrected chi connectivity index (χ2v) is 6.87. The fraction of sp³-hybridized carbons (Fsp3) is 0.158. The summed E-state index contributed by atoms with van der Waals surface area (Å²) >= 11 is 1.88. The summed E-state index contributed by atoms with van der Waals surface area (Å²) in [6.45, 7) is 0. The van der Waals surface area contributed by atoms with E-state index >= 15 is 0 Å². The molecule has 0 saturated carbocycles. The van der Waals surface area contributed by atoms with E-state index in [4.69, 9.17) is 9.47 Å². The molecule has 2 aliphatic rings. The standard InChI is InChI=1S/C19H14O2S/c1-20-12-8-9-15-16(10-12)22-19-14-7-3-5-11-4-2-6-13(17(11)14)18(19)21-15/h2-10,18-19H,1H3/t18-,19+/m1/s1. The fourth-order valence-electron chi connectivity index (χ4n) is 3.53. The lowest BCUT2D eigenvalue weighted by molar-refractivity contribution is 0.197. The van der Waals surface area contributed by atoms with Crippen LogP contribution in [-0.2, 0) is 0 Å². The zero-order chi connectivity index (χ0) is 14.7. The third-order valence-corrected chi connectivity index (χ3v) is 5.84. The number of thioether (sulfide) groups is 1. The molecule has 1 aliphatic heterocycles. The Bertz CT molecular complexity index is 898. The molecule has 0 bridgehead atoms. The minimum absolute atomic E-state index is 0.104. The molecule has 0 spiro atoms. The molecule has 22 heavy (non-hydrogen) atoms. The third kappa shape index (κ3) is 1.57. The third-order valence-electron chi connectivity index (χ3n) is 4.52. The molecule has 3 aromatic rings. The van der Waals surface area contributed by atoms with Crippen molar-refractivity contribution >= 4 is 22.5 Å². The van der Waals surface area contributed by atoms with Crippen LogP contribution in [0.5, 0.6) is 11.5 Å². The van der Waals surface area contributed by atoms with Crippen LogP contribution in [0.25, 0.3) is 10.8 Å². The van der Waals surface area contributed by atoms with Gasteiger partial charge in [0.25, 0.3) is 0 Å². The van der Waals surface area contributed by atoms with Crippen LogP contribution in [0, 0.1) is 0 Å². The van der Waals surface area contributed by atoms with E-state index in [2.05, 4.69) is 42.5 Å². The number of benzene rings is 3. The van der Waals surface area contributed by atoms with Gasteiger partial charge in [-0.15, -0.1) is 11.8 Å². The maximum Gasteiger partial charge on any atom is 0.141 e. The van der Waals surface area contributed by atoms with Gasteiger partial charge in [0.05, 0.1) is 17.3 Å². The van der Waals surface area contributed by atoms with Crippen molar-refractivity contribution in [1.29, 1.82) is 0 Å². The van der Waals surface area contributed by atoms with Gasteiger partial charge in [-0.1, -0.05) is 36.4 Å². The minimum atomic E-state index is 0.104. The Hall–Kier alpha value is -2.13. The summed E-state index contributed by atoms with van der Waals surface area (Å²) in [5, 5.41) is 2.99. The van der Waals surface area contributed by atoms with Gasteiger partial charge < -0.3 is 9.47 Å². The summed E-state index contributed by atoms with van der Waals surface area (Å²) in [6, 6.07) is 19.1. The van der Waals surface area contributed by atoms with Crippen molar-refractivity contribution in [3.63, 3.8) is 0 Å². The van der Waals surface area contributed by atoms with Crippen LogP contribution in [0.1, 0.15) is 22.5 Å². The van der Waals surface area contributed by atoms with Gasteiger partial charge >= 0.3 is 0 Å². The Morgan fingerprint density at radius 1 is 1.00 bits per heavy atom. The highest BCUT2D eigenvalue weighted by atomic mass is 32.2. The molecule has 0 unspecified atom stereocenters. The van der Waals surface area contributed by atoms with Gasteiger partial charge in [0.2, 0.25) is 0 Å². The molecule has 2 atom stereocenters. The van der Waals surface area contributed by atoms with E-state index in [1.807, 2.05) is 23.9 Å². The Labute approximate surface area is 133 Å². The summed E-state index contributed by atoms with van der Waals surface area (Å²) in [6.07, 6.45) is 0.104. The molecule has 108 valence electrons. The first-order valence-electron chi connectivity index (χ1n) is 7.38. The maximum atomic E-state index is 6.35. The SMILES string of the molecule is COc1ccc2c(c1)S[C@H]1c3cccc4cccc(c34)[C@H]1O2. The lowest BCUT2D eigenvalue weighted by Crippen LogP contribution is -2.14. The van der Waals surface area contributed by atoms with Crippen molar-refractivity contribution in [2.75, 3.05) is 7.11 Å². The zero-order valence-corrected chi connectivity index (χ0v) is 12.9. The first-order chi connectivity index (χ1) is 10.8.